The van der Waals surface area contributed by atoms with E-state index < -0.39 is 0 Å². The smallest absolute Gasteiger partial charge is 0.224 e. The van der Waals surface area contributed by atoms with Crippen LogP contribution in [0.1, 0.15) is 46.5 Å². The summed E-state index contributed by atoms with van der Waals surface area (Å²) in [4.78, 5) is 11.7. The third-order valence-corrected chi connectivity index (χ3v) is 3.60. The fraction of sp³-hybridized carbons (Fsp3) is 0.917. The lowest BCUT2D eigenvalue weighted by molar-refractivity contribution is -0.126. The molecule has 1 aliphatic carbocycles. The van der Waals surface area contributed by atoms with Gasteiger partial charge in [0, 0.05) is 18.0 Å². The monoisotopic (exact) mass is 212 g/mol. The van der Waals surface area contributed by atoms with E-state index in [-0.39, 0.29) is 17.4 Å². The minimum absolute atomic E-state index is 0.00697. The van der Waals surface area contributed by atoms with Gasteiger partial charge in [-0.15, -0.1) is 0 Å². The summed E-state index contributed by atoms with van der Waals surface area (Å²) >= 11 is 0. The number of hydrogen-bond acceptors (Lipinski definition) is 2. The van der Waals surface area contributed by atoms with Crippen molar-refractivity contribution in [2.75, 3.05) is 6.54 Å². The van der Waals surface area contributed by atoms with E-state index in [0.717, 1.165) is 18.8 Å². The molecule has 3 nitrogen and oxygen atoms in total. The summed E-state index contributed by atoms with van der Waals surface area (Å²) in [6.07, 6.45) is 4.62. The average Bonchev–Trinajstić information content (AvgIpc) is 2.21. The Balaban J connectivity index is 2.46. The Morgan fingerprint density at radius 2 is 2.07 bits per heavy atom. The molecule has 0 spiro atoms. The summed E-state index contributed by atoms with van der Waals surface area (Å²) in [6, 6.07) is 0. The third kappa shape index (κ3) is 3.49. The molecular formula is C12H24N2O. The number of nitrogens with two attached hydrogens (primary N) is 1. The molecule has 1 saturated carbocycles. The van der Waals surface area contributed by atoms with Crippen molar-refractivity contribution >= 4 is 5.91 Å². The molecule has 0 bridgehead atoms. The van der Waals surface area contributed by atoms with Crippen LogP contribution in [0.15, 0.2) is 0 Å². The Kier molecular flexibility index (Phi) is 4.14. The first-order valence-electron chi connectivity index (χ1n) is 5.99. The SMILES string of the molecule is CC1CCC(C)(NC(=O)C(C)CN)CC1. The molecule has 1 unspecified atom stereocenters. The second-order valence-corrected chi connectivity index (χ2v) is 5.37. The van der Waals surface area contributed by atoms with Crippen molar-refractivity contribution in [2.45, 2.75) is 52.0 Å². The standard InChI is InChI=1S/C12H24N2O/c1-9-4-6-12(3,7-5-9)14-11(15)10(2)8-13/h9-10H,4-8,13H2,1-3H3,(H,14,15). The molecule has 1 fully saturated rings. The Morgan fingerprint density at radius 1 is 1.53 bits per heavy atom. The minimum Gasteiger partial charge on any atom is -0.351 e. The zero-order valence-electron chi connectivity index (χ0n) is 10.2. The predicted molar refractivity (Wildman–Crippen MR) is 62.4 cm³/mol. The summed E-state index contributed by atoms with van der Waals surface area (Å²) in [7, 11) is 0. The first-order valence-corrected chi connectivity index (χ1v) is 5.99. The van der Waals surface area contributed by atoms with Crippen molar-refractivity contribution in [2.24, 2.45) is 17.6 Å². The van der Waals surface area contributed by atoms with E-state index in [1.54, 1.807) is 0 Å². The molecule has 0 heterocycles. The van der Waals surface area contributed by atoms with Crippen LogP contribution in [0.3, 0.4) is 0 Å². The van der Waals surface area contributed by atoms with Crippen molar-refractivity contribution in [1.29, 1.82) is 0 Å². The average molecular weight is 212 g/mol. The van der Waals surface area contributed by atoms with Gasteiger partial charge in [0.1, 0.15) is 0 Å². The lowest BCUT2D eigenvalue weighted by Crippen LogP contribution is -2.50. The van der Waals surface area contributed by atoms with Crippen LogP contribution < -0.4 is 11.1 Å². The van der Waals surface area contributed by atoms with Gasteiger partial charge in [-0.25, -0.2) is 0 Å². The number of amides is 1. The molecule has 0 aliphatic heterocycles. The quantitative estimate of drug-likeness (QED) is 0.747. The Bertz CT molecular complexity index is 220. The van der Waals surface area contributed by atoms with Crippen molar-refractivity contribution in [1.82, 2.24) is 5.32 Å². The predicted octanol–water partition coefficient (Wildman–Crippen LogP) is 1.67. The van der Waals surface area contributed by atoms with Crippen molar-refractivity contribution in [3.8, 4) is 0 Å². The Morgan fingerprint density at radius 3 is 2.53 bits per heavy atom. The third-order valence-electron chi connectivity index (χ3n) is 3.60. The highest BCUT2D eigenvalue weighted by Crippen LogP contribution is 2.31. The summed E-state index contributed by atoms with van der Waals surface area (Å²) in [6.45, 7) is 6.74. The molecule has 3 heteroatoms. The van der Waals surface area contributed by atoms with Crippen LogP contribution in [0.4, 0.5) is 0 Å². The first kappa shape index (κ1) is 12.5. The zero-order valence-corrected chi connectivity index (χ0v) is 10.2. The Labute approximate surface area is 92.8 Å². The molecule has 0 aromatic heterocycles. The van der Waals surface area contributed by atoms with Crippen LogP contribution >= 0.6 is 0 Å². The highest BCUT2D eigenvalue weighted by molar-refractivity contribution is 5.79. The van der Waals surface area contributed by atoms with Gasteiger partial charge in [0.2, 0.25) is 5.91 Å². The molecule has 1 atom stereocenters. The number of rotatable bonds is 3. The lowest BCUT2D eigenvalue weighted by Gasteiger charge is -2.37. The molecule has 15 heavy (non-hydrogen) atoms. The number of carbonyl (C=O) groups excluding carboxylic acids is 1. The van der Waals surface area contributed by atoms with E-state index in [1.165, 1.54) is 12.8 Å². The van der Waals surface area contributed by atoms with Crippen LogP contribution in [-0.2, 0) is 4.79 Å². The fourth-order valence-corrected chi connectivity index (χ4v) is 2.05. The first-order chi connectivity index (χ1) is 6.97. The largest absolute Gasteiger partial charge is 0.351 e. The number of hydrogen-bond donors (Lipinski definition) is 2. The van der Waals surface area contributed by atoms with E-state index >= 15 is 0 Å². The summed E-state index contributed by atoms with van der Waals surface area (Å²) in [5.74, 6) is 0.845. The maximum absolute atomic E-state index is 11.7. The van der Waals surface area contributed by atoms with E-state index in [9.17, 15) is 4.79 Å². The molecule has 3 N–H and O–H groups in total. The summed E-state index contributed by atoms with van der Waals surface area (Å²) < 4.78 is 0. The molecule has 0 saturated heterocycles. The van der Waals surface area contributed by atoms with Gasteiger partial charge in [-0.3, -0.25) is 4.79 Å². The highest BCUT2D eigenvalue weighted by Gasteiger charge is 2.31. The number of carbonyl (C=O) groups is 1. The van der Waals surface area contributed by atoms with Gasteiger partial charge in [0.15, 0.2) is 0 Å². The molecule has 1 amide bonds. The van der Waals surface area contributed by atoms with Crippen molar-refractivity contribution in [3.63, 3.8) is 0 Å². The summed E-state index contributed by atoms with van der Waals surface area (Å²) in [5, 5.41) is 3.15. The van der Waals surface area contributed by atoms with E-state index in [4.69, 9.17) is 5.73 Å². The maximum Gasteiger partial charge on any atom is 0.224 e. The molecule has 0 radical (unpaired) electrons. The molecule has 88 valence electrons. The van der Waals surface area contributed by atoms with Crippen LogP contribution in [-0.4, -0.2) is 18.0 Å². The zero-order chi connectivity index (χ0) is 11.5. The highest BCUT2D eigenvalue weighted by atomic mass is 16.2. The van der Waals surface area contributed by atoms with Gasteiger partial charge in [0.05, 0.1) is 0 Å². The molecule has 1 rings (SSSR count). The van der Waals surface area contributed by atoms with E-state index in [0.29, 0.717) is 6.54 Å². The molecule has 1 aliphatic rings. The fourth-order valence-electron chi connectivity index (χ4n) is 2.05. The van der Waals surface area contributed by atoms with Gasteiger partial charge < -0.3 is 11.1 Å². The molecular weight excluding hydrogens is 188 g/mol. The van der Waals surface area contributed by atoms with Gasteiger partial charge >= 0.3 is 0 Å². The van der Waals surface area contributed by atoms with Crippen LogP contribution in [0.2, 0.25) is 0 Å². The molecule has 0 aromatic carbocycles. The summed E-state index contributed by atoms with van der Waals surface area (Å²) in [5.41, 5.74) is 5.49. The molecule has 0 aromatic rings. The lowest BCUT2D eigenvalue weighted by atomic mass is 9.78. The second-order valence-electron chi connectivity index (χ2n) is 5.37. The van der Waals surface area contributed by atoms with Crippen LogP contribution in [0.25, 0.3) is 0 Å². The minimum atomic E-state index is -0.0684. The normalized spacial score (nSPS) is 33.5. The van der Waals surface area contributed by atoms with E-state index in [1.807, 2.05) is 6.92 Å². The topological polar surface area (TPSA) is 55.1 Å². The maximum atomic E-state index is 11.7. The second kappa shape index (κ2) is 4.97. The van der Waals surface area contributed by atoms with Crippen LogP contribution in [0, 0.1) is 11.8 Å². The van der Waals surface area contributed by atoms with Gasteiger partial charge in [-0.05, 0) is 38.5 Å². The van der Waals surface area contributed by atoms with Crippen molar-refractivity contribution < 1.29 is 4.79 Å². The Hall–Kier alpha value is -0.570. The van der Waals surface area contributed by atoms with Gasteiger partial charge in [-0.1, -0.05) is 13.8 Å². The van der Waals surface area contributed by atoms with Crippen LogP contribution in [0.5, 0.6) is 0 Å². The van der Waals surface area contributed by atoms with Gasteiger partial charge in [-0.2, -0.15) is 0 Å². The van der Waals surface area contributed by atoms with Gasteiger partial charge in [0.25, 0.3) is 0 Å². The van der Waals surface area contributed by atoms with E-state index in [2.05, 4.69) is 19.2 Å². The van der Waals surface area contributed by atoms with Crippen molar-refractivity contribution in [3.05, 3.63) is 0 Å². The number of nitrogens with one attached hydrogen (secondary N) is 1.